The molecule has 2 N–H and O–H groups in total. The minimum Gasteiger partial charge on any atom is -0.480 e. The van der Waals surface area contributed by atoms with Gasteiger partial charge in [-0.1, -0.05) is 0 Å². The molecule has 21 heavy (non-hydrogen) atoms. The fraction of sp³-hybridized carbons (Fsp3) is 0.571. The first-order valence-electron chi connectivity index (χ1n) is 6.80. The predicted molar refractivity (Wildman–Crippen MR) is 79.4 cm³/mol. The summed E-state index contributed by atoms with van der Waals surface area (Å²) in [5.74, 6) is -0.967. The third-order valence-electron chi connectivity index (χ3n) is 3.68. The summed E-state index contributed by atoms with van der Waals surface area (Å²) >= 11 is 1.59. The highest BCUT2D eigenvalue weighted by Gasteiger charge is 2.36. The van der Waals surface area contributed by atoms with Gasteiger partial charge < -0.3 is 15.1 Å². The van der Waals surface area contributed by atoms with E-state index in [4.69, 9.17) is 5.11 Å². The first-order chi connectivity index (χ1) is 9.86. The summed E-state index contributed by atoms with van der Waals surface area (Å²) in [6.07, 6.45) is -0.371. The Balaban J connectivity index is 1.93. The number of likely N-dealkylation sites (tertiary alicyclic amines) is 1. The van der Waals surface area contributed by atoms with Gasteiger partial charge in [-0.05, 0) is 26.1 Å². The SMILES string of the molecule is Cc1ccc(CC(=O)N2C[C@@H](O)[C@@H](N(C)CC(=O)O)C2)s1. The number of rotatable bonds is 5. The van der Waals surface area contributed by atoms with Crippen molar-refractivity contribution in [1.82, 2.24) is 9.80 Å². The van der Waals surface area contributed by atoms with Crippen molar-refractivity contribution in [2.45, 2.75) is 25.5 Å². The van der Waals surface area contributed by atoms with E-state index >= 15 is 0 Å². The maximum absolute atomic E-state index is 12.2. The normalized spacial score (nSPS) is 22.0. The molecule has 2 atom stereocenters. The molecule has 0 unspecified atom stereocenters. The van der Waals surface area contributed by atoms with Crippen LogP contribution in [0.2, 0.25) is 0 Å². The minimum absolute atomic E-state index is 0.0258. The van der Waals surface area contributed by atoms with Gasteiger partial charge in [-0.3, -0.25) is 14.5 Å². The summed E-state index contributed by atoms with van der Waals surface area (Å²) in [6, 6.07) is 3.60. The van der Waals surface area contributed by atoms with Gasteiger partial charge >= 0.3 is 5.97 Å². The number of nitrogens with zero attached hydrogens (tertiary/aromatic N) is 2. The van der Waals surface area contributed by atoms with Crippen LogP contribution < -0.4 is 0 Å². The average Bonchev–Trinajstić information content (AvgIpc) is 2.95. The van der Waals surface area contributed by atoms with Crippen molar-refractivity contribution in [2.24, 2.45) is 0 Å². The van der Waals surface area contributed by atoms with Gasteiger partial charge in [0.25, 0.3) is 0 Å². The second kappa shape index (κ2) is 6.55. The van der Waals surface area contributed by atoms with Crippen LogP contribution in [0.25, 0.3) is 0 Å². The maximum atomic E-state index is 12.2. The molecule has 1 aliphatic rings. The van der Waals surface area contributed by atoms with Crippen molar-refractivity contribution >= 4 is 23.2 Å². The summed E-state index contributed by atoms with van der Waals surface area (Å²) in [7, 11) is 1.65. The number of carboxylic acids is 1. The molecule has 0 bridgehead atoms. The molecule has 0 saturated carbocycles. The lowest BCUT2D eigenvalue weighted by atomic mass is 10.2. The van der Waals surface area contributed by atoms with Gasteiger partial charge in [0.2, 0.25) is 5.91 Å². The van der Waals surface area contributed by atoms with Crippen molar-refractivity contribution in [3.8, 4) is 0 Å². The van der Waals surface area contributed by atoms with Crippen molar-refractivity contribution in [2.75, 3.05) is 26.7 Å². The molecule has 1 amide bonds. The molecule has 6 nitrogen and oxygen atoms in total. The third-order valence-corrected chi connectivity index (χ3v) is 4.68. The van der Waals surface area contributed by atoms with Crippen LogP contribution in [-0.2, 0) is 16.0 Å². The number of β-amino-alcohol motifs (C(OH)–C–C–N with tert-alkyl or cyclic N) is 1. The number of aryl methyl sites for hydroxylation is 1. The molecule has 1 saturated heterocycles. The predicted octanol–water partition coefficient (Wildman–Crippen LogP) is 0.187. The van der Waals surface area contributed by atoms with E-state index in [-0.39, 0.29) is 25.0 Å². The Morgan fingerprint density at radius 3 is 2.71 bits per heavy atom. The van der Waals surface area contributed by atoms with Crippen LogP contribution in [0.3, 0.4) is 0 Å². The Kier molecular flexibility index (Phi) is 4.97. The Morgan fingerprint density at radius 1 is 1.43 bits per heavy atom. The second-order valence-electron chi connectivity index (χ2n) is 5.43. The van der Waals surface area contributed by atoms with Gasteiger partial charge in [-0.2, -0.15) is 0 Å². The number of aliphatic hydroxyl groups is 1. The zero-order valence-electron chi connectivity index (χ0n) is 12.2. The van der Waals surface area contributed by atoms with E-state index < -0.39 is 12.1 Å². The summed E-state index contributed by atoms with van der Waals surface area (Å²) in [5, 5.41) is 18.8. The van der Waals surface area contributed by atoms with Crippen molar-refractivity contribution in [3.05, 3.63) is 21.9 Å². The number of hydrogen-bond donors (Lipinski definition) is 2. The molecule has 0 aliphatic carbocycles. The highest BCUT2D eigenvalue weighted by molar-refractivity contribution is 7.12. The van der Waals surface area contributed by atoms with Gasteiger partial charge in [0.1, 0.15) is 0 Å². The molecule has 1 aromatic heterocycles. The Hall–Kier alpha value is -1.44. The third kappa shape index (κ3) is 4.03. The van der Waals surface area contributed by atoms with Crippen LogP contribution in [0, 0.1) is 6.92 Å². The maximum Gasteiger partial charge on any atom is 0.317 e. The number of carbonyl (C=O) groups is 2. The van der Waals surface area contributed by atoms with Crippen molar-refractivity contribution in [1.29, 1.82) is 0 Å². The largest absolute Gasteiger partial charge is 0.480 e. The molecule has 1 aliphatic heterocycles. The van der Waals surface area contributed by atoms with E-state index in [9.17, 15) is 14.7 Å². The molecule has 0 aromatic carbocycles. The Morgan fingerprint density at radius 2 is 2.14 bits per heavy atom. The molecule has 2 rings (SSSR count). The monoisotopic (exact) mass is 312 g/mol. The van der Waals surface area contributed by atoms with E-state index in [0.29, 0.717) is 13.0 Å². The number of carboxylic acid groups (broad SMARTS) is 1. The number of thiophene rings is 1. The Bertz CT molecular complexity index is 531. The molecular formula is C14H20N2O4S. The second-order valence-corrected chi connectivity index (χ2v) is 6.80. The molecule has 0 radical (unpaired) electrons. The highest BCUT2D eigenvalue weighted by Crippen LogP contribution is 2.20. The van der Waals surface area contributed by atoms with Crippen LogP contribution in [0.5, 0.6) is 0 Å². The van der Waals surface area contributed by atoms with E-state index in [0.717, 1.165) is 4.88 Å². The van der Waals surface area contributed by atoms with Crippen LogP contribution in [0.1, 0.15) is 9.75 Å². The van der Waals surface area contributed by atoms with Crippen LogP contribution >= 0.6 is 11.3 Å². The molecule has 1 aromatic rings. The fourth-order valence-corrected chi connectivity index (χ4v) is 3.46. The fourth-order valence-electron chi connectivity index (χ4n) is 2.58. The van der Waals surface area contributed by atoms with E-state index in [1.54, 1.807) is 28.2 Å². The van der Waals surface area contributed by atoms with Gasteiger partial charge in [-0.25, -0.2) is 0 Å². The molecule has 116 valence electrons. The van der Waals surface area contributed by atoms with Crippen LogP contribution in [0.15, 0.2) is 12.1 Å². The number of aliphatic carboxylic acids is 1. The van der Waals surface area contributed by atoms with Gasteiger partial charge in [0.05, 0.1) is 25.1 Å². The van der Waals surface area contributed by atoms with E-state index in [2.05, 4.69) is 0 Å². The van der Waals surface area contributed by atoms with Gasteiger partial charge in [0, 0.05) is 22.8 Å². The van der Waals surface area contributed by atoms with Gasteiger partial charge in [0.15, 0.2) is 0 Å². The number of hydrogen-bond acceptors (Lipinski definition) is 5. The van der Waals surface area contributed by atoms with Crippen molar-refractivity contribution in [3.63, 3.8) is 0 Å². The molecule has 7 heteroatoms. The topological polar surface area (TPSA) is 81.1 Å². The molecule has 2 heterocycles. The van der Waals surface area contributed by atoms with Gasteiger partial charge in [-0.15, -0.1) is 11.3 Å². The molecule has 1 fully saturated rings. The molecular weight excluding hydrogens is 292 g/mol. The first kappa shape index (κ1) is 15.9. The van der Waals surface area contributed by atoms with Crippen LogP contribution in [0.4, 0.5) is 0 Å². The summed E-state index contributed by atoms with van der Waals surface area (Å²) in [6.45, 7) is 2.48. The Labute approximate surface area is 127 Å². The first-order valence-corrected chi connectivity index (χ1v) is 7.61. The highest BCUT2D eigenvalue weighted by atomic mass is 32.1. The van der Waals surface area contributed by atoms with Crippen molar-refractivity contribution < 1.29 is 19.8 Å². The minimum atomic E-state index is -0.941. The quantitative estimate of drug-likeness (QED) is 0.811. The van der Waals surface area contributed by atoms with E-state index in [1.807, 2.05) is 19.1 Å². The average molecular weight is 312 g/mol. The smallest absolute Gasteiger partial charge is 0.317 e. The zero-order chi connectivity index (χ0) is 15.6. The van der Waals surface area contributed by atoms with Crippen LogP contribution in [-0.4, -0.2) is 70.7 Å². The molecule has 0 spiro atoms. The number of aliphatic hydroxyl groups excluding tert-OH is 1. The lowest BCUT2D eigenvalue weighted by Crippen LogP contribution is -2.43. The lowest BCUT2D eigenvalue weighted by Gasteiger charge is -2.24. The lowest BCUT2D eigenvalue weighted by molar-refractivity contribution is -0.138. The van der Waals surface area contributed by atoms with E-state index in [1.165, 1.54) is 4.88 Å². The summed E-state index contributed by atoms with van der Waals surface area (Å²) < 4.78 is 0. The standard InChI is InChI=1S/C14H20N2O4S/c1-9-3-4-10(21-9)5-13(18)16-6-11(12(17)7-16)15(2)8-14(19)20/h3-4,11-12,17H,5-8H2,1-2H3,(H,19,20)/t11-,12+/m0/s1. The number of likely N-dealkylation sites (N-methyl/N-ethyl adjacent to an activating group) is 1. The number of amides is 1. The summed E-state index contributed by atoms with van der Waals surface area (Å²) in [4.78, 5) is 28.3. The zero-order valence-corrected chi connectivity index (χ0v) is 13.0. The number of carbonyl (C=O) groups excluding carboxylic acids is 1. The summed E-state index contributed by atoms with van der Waals surface area (Å²) in [5.41, 5.74) is 0.